The van der Waals surface area contributed by atoms with E-state index in [0.29, 0.717) is 22.8 Å². The third-order valence-corrected chi connectivity index (χ3v) is 5.30. The first-order valence-corrected chi connectivity index (χ1v) is 11.3. The molecule has 0 radical (unpaired) electrons. The summed E-state index contributed by atoms with van der Waals surface area (Å²) >= 11 is 0. The number of fused-ring (bicyclic) bond motifs is 1. The lowest BCUT2D eigenvalue weighted by Crippen LogP contribution is -2.12. The number of aromatic nitrogens is 8. The molecule has 5 rings (SSSR count). The Kier molecular flexibility index (Phi) is 5.76. The molecule has 0 aliphatic rings. The topological polar surface area (TPSA) is 148 Å². The van der Waals surface area contributed by atoms with Gasteiger partial charge in [-0.05, 0) is 18.2 Å². The predicted octanol–water partition coefficient (Wildman–Crippen LogP) is 4.92. The van der Waals surface area contributed by atoms with Gasteiger partial charge in [-0.15, -0.1) is 15.3 Å². The Labute approximate surface area is 211 Å². The second kappa shape index (κ2) is 9.08. The average Bonchev–Trinajstić information content (AvgIpc) is 3.55. The number of hydrogen-bond acceptors (Lipinski definition) is 8. The molecule has 13 heteroatoms. The molecule has 0 aliphatic carbocycles. The molecule has 13 nitrogen and oxygen atoms in total. The molecule has 2 N–H and O–H groups in total. The van der Waals surface area contributed by atoms with E-state index >= 15 is 0 Å². The van der Waals surface area contributed by atoms with Gasteiger partial charge in [0, 0.05) is 36.0 Å². The molecule has 4 aromatic heterocycles. The van der Waals surface area contributed by atoms with Crippen molar-refractivity contribution < 1.29 is 4.79 Å². The van der Waals surface area contributed by atoms with Crippen LogP contribution in [0.25, 0.3) is 27.8 Å². The van der Waals surface area contributed by atoms with Crippen LogP contribution in [0.2, 0.25) is 0 Å². The van der Waals surface area contributed by atoms with Gasteiger partial charge in [0.05, 0.1) is 18.5 Å². The summed E-state index contributed by atoms with van der Waals surface area (Å²) in [6.45, 7) is 15.1. The molecule has 0 spiro atoms. The summed E-state index contributed by atoms with van der Waals surface area (Å²) in [6.07, 6.45) is 4.55. The van der Waals surface area contributed by atoms with Crippen LogP contribution in [0.15, 0.2) is 59.2 Å². The smallest absolute Gasteiger partial charge is 0.252 e. The fourth-order valence-electron chi connectivity index (χ4n) is 3.64. The van der Waals surface area contributed by atoms with Crippen LogP contribution in [0.1, 0.15) is 33.4 Å². The van der Waals surface area contributed by atoms with Crippen molar-refractivity contribution in [2.24, 2.45) is 10.2 Å². The number of carbonyl (C=O) groups excluding carboxylic acids is 1. The van der Waals surface area contributed by atoms with E-state index < -0.39 is 0 Å². The number of nitrogens with one attached hydrogen (secondary N) is 2. The number of benzene rings is 1. The zero-order valence-electron chi connectivity index (χ0n) is 20.5. The van der Waals surface area contributed by atoms with Crippen LogP contribution < -0.4 is 5.32 Å². The molecule has 1 amide bonds. The van der Waals surface area contributed by atoms with Crippen molar-refractivity contribution in [1.82, 2.24) is 39.6 Å². The predicted molar refractivity (Wildman–Crippen MR) is 135 cm³/mol. The van der Waals surface area contributed by atoms with E-state index in [-0.39, 0.29) is 28.8 Å². The molecule has 0 saturated carbocycles. The molecule has 0 aliphatic heterocycles. The molecule has 0 bridgehead atoms. The Morgan fingerprint density at radius 2 is 1.95 bits per heavy atom. The molecular formula is C24H22N12O. The fourth-order valence-corrected chi connectivity index (χ4v) is 3.64. The summed E-state index contributed by atoms with van der Waals surface area (Å²) < 4.78 is 2.91. The number of nitrogens with zero attached hydrogens (tertiary/aromatic N) is 10. The van der Waals surface area contributed by atoms with Crippen molar-refractivity contribution >= 4 is 34.4 Å². The highest BCUT2D eigenvalue weighted by atomic mass is 16.1. The Balaban J connectivity index is 1.61. The van der Waals surface area contributed by atoms with Crippen molar-refractivity contribution in [1.29, 1.82) is 0 Å². The molecule has 0 saturated heterocycles. The number of aromatic amines is 1. The van der Waals surface area contributed by atoms with Crippen LogP contribution in [-0.4, -0.2) is 45.5 Å². The largest absolute Gasteiger partial charge is 0.326 e. The van der Waals surface area contributed by atoms with E-state index in [1.807, 2.05) is 32.9 Å². The Hall–Kier alpha value is -5.25. The van der Waals surface area contributed by atoms with Crippen molar-refractivity contribution in [3.63, 3.8) is 0 Å². The highest BCUT2D eigenvalue weighted by Crippen LogP contribution is 2.37. The Bertz CT molecular complexity index is 1680. The second-order valence-corrected chi connectivity index (χ2v) is 9.14. The summed E-state index contributed by atoms with van der Waals surface area (Å²) in [5.41, 5.74) is 2.92. The van der Waals surface area contributed by atoms with Gasteiger partial charge < -0.3 is 5.32 Å². The third kappa shape index (κ3) is 4.55. The van der Waals surface area contributed by atoms with Crippen molar-refractivity contribution in [3.8, 4) is 17.3 Å². The first-order valence-electron chi connectivity index (χ1n) is 11.3. The zero-order chi connectivity index (χ0) is 26.2. The first-order chi connectivity index (χ1) is 17.7. The van der Waals surface area contributed by atoms with Gasteiger partial charge in [0.1, 0.15) is 0 Å². The minimum atomic E-state index is -0.340. The maximum Gasteiger partial charge on any atom is 0.252 e. The number of amides is 1. The van der Waals surface area contributed by atoms with Gasteiger partial charge in [-0.1, -0.05) is 32.9 Å². The van der Waals surface area contributed by atoms with E-state index in [4.69, 9.17) is 11.6 Å². The van der Waals surface area contributed by atoms with Gasteiger partial charge in [0.25, 0.3) is 11.6 Å². The highest BCUT2D eigenvalue weighted by molar-refractivity contribution is 5.89. The normalized spacial score (nSPS) is 11.8. The SMILES string of the molecule is [C-]#[N+]c1cnn(-c2ncccn2)c1N=Nc1c(C(C)(C)C)[nH]n2nc(-c3cccc(NC(C)=O)c3)nc12. The number of azo groups is 1. The molecule has 1 aromatic carbocycles. The Morgan fingerprint density at radius 1 is 1.16 bits per heavy atom. The Morgan fingerprint density at radius 3 is 2.65 bits per heavy atom. The quantitative estimate of drug-likeness (QED) is 0.262. The molecule has 184 valence electrons. The number of rotatable bonds is 5. The molecule has 5 aromatic rings. The lowest BCUT2D eigenvalue weighted by molar-refractivity contribution is -0.114. The standard InChI is InChI=1S/C24H22N12O/c1-14(37)29-16-9-6-8-15(12-16)20-30-22-18(19(24(2,3)4)33-36(22)34-20)31-32-21-17(25-5)13-28-35(21)23-26-10-7-11-27-23/h6-13,33H,1-4H3,(H,29,37). The summed E-state index contributed by atoms with van der Waals surface area (Å²) in [5.74, 6) is 0.743. The van der Waals surface area contributed by atoms with E-state index in [2.05, 4.69) is 45.7 Å². The van der Waals surface area contributed by atoms with Gasteiger partial charge in [0.2, 0.25) is 11.6 Å². The van der Waals surface area contributed by atoms with Crippen LogP contribution in [-0.2, 0) is 10.2 Å². The minimum Gasteiger partial charge on any atom is -0.326 e. The van der Waals surface area contributed by atoms with Crippen molar-refractivity contribution in [2.75, 3.05) is 5.32 Å². The van der Waals surface area contributed by atoms with E-state index in [9.17, 15) is 4.79 Å². The number of hydrogen-bond donors (Lipinski definition) is 2. The average molecular weight is 495 g/mol. The van der Waals surface area contributed by atoms with Crippen LogP contribution in [0.3, 0.4) is 0 Å². The van der Waals surface area contributed by atoms with Crippen molar-refractivity contribution in [3.05, 3.63) is 66.0 Å². The van der Waals surface area contributed by atoms with Gasteiger partial charge in [-0.25, -0.2) is 19.8 Å². The van der Waals surface area contributed by atoms with E-state index in [1.54, 1.807) is 35.2 Å². The maximum atomic E-state index is 11.5. The van der Waals surface area contributed by atoms with Crippen LogP contribution in [0.4, 0.5) is 22.9 Å². The lowest BCUT2D eigenvalue weighted by atomic mass is 9.91. The minimum absolute atomic E-state index is 0.168. The maximum absolute atomic E-state index is 11.5. The van der Waals surface area contributed by atoms with Crippen LogP contribution in [0, 0.1) is 6.57 Å². The van der Waals surface area contributed by atoms with Gasteiger partial charge >= 0.3 is 0 Å². The number of anilines is 1. The summed E-state index contributed by atoms with van der Waals surface area (Å²) in [5, 5.41) is 23.7. The molecule has 4 heterocycles. The monoisotopic (exact) mass is 494 g/mol. The van der Waals surface area contributed by atoms with Gasteiger partial charge in [0.15, 0.2) is 17.3 Å². The number of H-pyrrole nitrogens is 1. The summed E-state index contributed by atoms with van der Waals surface area (Å²) in [6, 6.07) is 8.94. The van der Waals surface area contributed by atoms with Crippen LogP contribution in [0.5, 0.6) is 0 Å². The molecular weight excluding hydrogens is 472 g/mol. The van der Waals surface area contributed by atoms with Crippen molar-refractivity contribution in [2.45, 2.75) is 33.1 Å². The lowest BCUT2D eigenvalue weighted by Gasteiger charge is -2.16. The van der Waals surface area contributed by atoms with E-state index in [0.717, 1.165) is 11.3 Å². The van der Waals surface area contributed by atoms with E-state index in [1.165, 1.54) is 17.8 Å². The number of carbonyl (C=O) groups is 1. The summed E-state index contributed by atoms with van der Waals surface area (Å²) in [7, 11) is 0. The zero-order valence-corrected chi connectivity index (χ0v) is 20.5. The third-order valence-electron chi connectivity index (χ3n) is 5.30. The highest BCUT2D eigenvalue weighted by Gasteiger charge is 2.26. The van der Waals surface area contributed by atoms with Gasteiger partial charge in [-0.3, -0.25) is 9.89 Å². The van der Waals surface area contributed by atoms with Crippen LogP contribution >= 0.6 is 0 Å². The first kappa shape index (κ1) is 23.5. The molecule has 37 heavy (non-hydrogen) atoms. The van der Waals surface area contributed by atoms with Gasteiger partial charge in [-0.2, -0.15) is 14.4 Å². The summed E-state index contributed by atoms with van der Waals surface area (Å²) in [4.78, 5) is 28.1. The fraction of sp³-hybridized carbons (Fsp3) is 0.208. The molecule has 0 fully saturated rings. The second-order valence-electron chi connectivity index (χ2n) is 9.14. The molecule has 0 unspecified atom stereocenters. The molecule has 0 atom stereocenters.